The van der Waals surface area contributed by atoms with Crippen molar-refractivity contribution in [2.75, 3.05) is 13.7 Å². The van der Waals surface area contributed by atoms with Crippen LogP contribution in [0.25, 0.3) is 0 Å². The number of hydrogen-bond acceptors (Lipinski definition) is 5. The molecule has 2 aromatic rings. The van der Waals surface area contributed by atoms with Gasteiger partial charge in [0.1, 0.15) is 6.61 Å². The maximum atomic E-state index is 12.4. The largest absolute Gasteiger partial charge is 0.490 e. The first-order valence-corrected chi connectivity index (χ1v) is 10.6. The highest BCUT2D eigenvalue weighted by molar-refractivity contribution is 9.10. The Balaban J connectivity index is 1.98. The smallest absolute Gasteiger partial charge is 0.337 e. The van der Waals surface area contributed by atoms with Crippen molar-refractivity contribution in [2.24, 2.45) is 0 Å². The van der Waals surface area contributed by atoms with E-state index in [2.05, 4.69) is 26.6 Å². The van der Waals surface area contributed by atoms with E-state index in [0.29, 0.717) is 45.6 Å². The van der Waals surface area contributed by atoms with Gasteiger partial charge >= 0.3 is 5.97 Å². The number of rotatable bonds is 7. The minimum atomic E-state index is -0.482. The second kappa shape index (κ2) is 9.95. The predicted molar refractivity (Wildman–Crippen MR) is 122 cm³/mol. The molecule has 8 heteroatoms. The number of carbonyl (C=O) groups excluding carboxylic acids is 1. The van der Waals surface area contributed by atoms with Crippen molar-refractivity contribution in [3.05, 3.63) is 69.3 Å². The second-order valence-electron chi connectivity index (χ2n) is 6.60. The third kappa shape index (κ3) is 4.94. The summed E-state index contributed by atoms with van der Waals surface area (Å²) in [5.74, 6) is 0.741. The van der Waals surface area contributed by atoms with Crippen LogP contribution in [0.5, 0.6) is 11.5 Å². The Morgan fingerprint density at radius 3 is 2.60 bits per heavy atom. The van der Waals surface area contributed by atoms with Gasteiger partial charge < -0.3 is 24.8 Å². The number of allylic oxidation sites excluding steroid dienone is 1. The summed E-state index contributed by atoms with van der Waals surface area (Å²) in [4.78, 5) is 12.4. The van der Waals surface area contributed by atoms with Crippen molar-refractivity contribution < 1.29 is 19.0 Å². The normalized spacial score (nSPS) is 15.9. The van der Waals surface area contributed by atoms with Gasteiger partial charge in [-0.05, 0) is 65.3 Å². The van der Waals surface area contributed by atoms with Gasteiger partial charge in [-0.3, -0.25) is 0 Å². The molecule has 2 aromatic carbocycles. The van der Waals surface area contributed by atoms with Crippen LogP contribution in [0.15, 0.2) is 58.2 Å². The molecule has 1 heterocycles. The van der Waals surface area contributed by atoms with Crippen LogP contribution >= 0.6 is 28.1 Å². The van der Waals surface area contributed by atoms with E-state index in [1.807, 2.05) is 49.4 Å². The molecule has 1 atom stereocenters. The SMILES string of the molecule is CCOc1cc(C2NC(=S)NC(C)=C2C(=O)OC)cc(Br)c1OCc1ccccc1. The first kappa shape index (κ1) is 22.1. The molecule has 1 unspecified atom stereocenters. The first-order chi connectivity index (χ1) is 14.4. The Morgan fingerprint density at radius 1 is 1.20 bits per heavy atom. The van der Waals surface area contributed by atoms with Crippen molar-refractivity contribution in [1.29, 1.82) is 0 Å². The quantitative estimate of drug-likeness (QED) is 0.440. The fraction of sp³-hybridized carbons (Fsp3) is 0.273. The summed E-state index contributed by atoms with van der Waals surface area (Å²) < 4.78 is 17.6. The molecule has 0 aromatic heterocycles. The van der Waals surface area contributed by atoms with Crippen LogP contribution < -0.4 is 20.1 Å². The molecule has 0 saturated carbocycles. The minimum absolute atomic E-state index is 0.404. The molecule has 6 nitrogen and oxygen atoms in total. The molecular formula is C22H23BrN2O4S. The van der Waals surface area contributed by atoms with Crippen LogP contribution in [0.4, 0.5) is 0 Å². The van der Waals surface area contributed by atoms with Crippen LogP contribution in [0.2, 0.25) is 0 Å². The van der Waals surface area contributed by atoms with Gasteiger partial charge in [0.05, 0.1) is 29.8 Å². The van der Waals surface area contributed by atoms with E-state index >= 15 is 0 Å². The summed E-state index contributed by atoms with van der Waals surface area (Å²) in [5.41, 5.74) is 2.95. The zero-order valence-electron chi connectivity index (χ0n) is 17.0. The molecule has 0 spiro atoms. The molecule has 2 N–H and O–H groups in total. The number of esters is 1. The van der Waals surface area contributed by atoms with Gasteiger partial charge in [-0.2, -0.15) is 0 Å². The summed E-state index contributed by atoms with van der Waals surface area (Å²) in [6, 6.07) is 13.2. The lowest BCUT2D eigenvalue weighted by Crippen LogP contribution is -2.45. The van der Waals surface area contributed by atoms with Crippen molar-refractivity contribution in [3.63, 3.8) is 0 Å². The molecule has 0 fully saturated rings. The van der Waals surface area contributed by atoms with Crippen LogP contribution in [-0.2, 0) is 16.1 Å². The molecule has 0 aliphatic carbocycles. The molecule has 0 radical (unpaired) electrons. The van der Waals surface area contributed by atoms with Gasteiger partial charge in [-0.15, -0.1) is 0 Å². The van der Waals surface area contributed by atoms with E-state index in [0.717, 1.165) is 11.1 Å². The molecular weight excluding hydrogens is 468 g/mol. The molecule has 1 aliphatic rings. The van der Waals surface area contributed by atoms with Gasteiger partial charge in [0.2, 0.25) is 0 Å². The minimum Gasteiger partial charge on any atom is -0.490 e. The van der Waals surface area contributed by atoms with E-state index in [9.17, 15) is 4.79 Å². The molecule has 0 amide bonds. The van der Waals surface area contributed by atoms with Crippen LogP contribution in [0, 0.1) is 0 Å². The van der Waals surface area contributed by atoms with Crippen molar-refractivity contribution in [3.8, 4) is 11.5 Å². The Bertz CT molecular complexity index is 979. The van der Waals surface area contributed by atoms with E-state index in [4.69, 9.17) is 26.4 Å². The average Bonchev–Trinajstić information content (AvgIpc) is 2.73. The highest BCUT2D eigenvalue weighted by Gasteiger charge is 2.31. The number of carbonyl (C=O) groups is 1. The Hall–Kier alpha value is -2.58. The molecule has 30 heavy (non-hydrogen) atoms. The number of nitrogens with one attached hydrogen (secondary N) is 2. The lowest BCUT2D eigenvalue weighted by atomic mass is 9.95. The molecule has 0 saturated heterocycles. The third-order valence-corrected chi connectivity index (χ3v) is 5.37. The first-order valence-electron chi connectivity index (χ1n) is 9.44. The predicted octanol–water partition coefficient (Wildman–Crippen LogP) is 4.39. The number of hydrogen-bond donors (Lipinski definition) is 2. The Morgan fingerprint density at radius 2 is 1.93 bits per heavy atom. The zero-order valence-corrected chi connectivity index (χ0v) is 19.4. The number of methoxy groups -OCH3 is 1. The van der Waals surface area contributed by atoms with Gasteiger partial charge in [-0.25, -0.2) is 4.79 Å². The molecule has 0 bridgehead atoms. The Labute approximate surface area is 189 Å². The third-order valence-electron chi connectivity index (χ3n) is 4.57. The van der Waals surface area contributed by atoms with Crippen LogP contribution in [0.1, 0.15) is 31.0 Å². The van der Waals surface area contributed by atoms with Gasteiger partial charge in [0.25, 0.3) is 0 Å². The van der Waals surface area contributed by atoms with Gasteiger partial charge in [0, 0.05) is 5.70 Å². The van der Waals surface area contributed by atoms with E-state index in [1.54, 1.807) is 6.92 Å². The standard InChI is InChI=1S/C22H23BrN2O4S/c1-4-28-17-11-15(19-18(21(26)27-3)13(2)24-22(30)25-19)10-16(23)20(17)29-12-14-8-6-5-7-9-14/h5-11,19H,4,12H2,1-3H3,(H2,24,25,30). The molecule has 3 rings (SSSR count). The monoisotopic (exact) mass is 490 g/mol. The maximum Gasteiger partial charge on any atom is 0.337 e. The van der Waals surface area contributed by atoms with E-state index < -0.39 is 12.0 Å². The van der Waals surface area contributed by atoms with Crippen LogP contribution in [-0.4, -0.2) is 24.8 Å². The lowest BCUT2D eigenvalue weighted by Gasteiger charge is -2.30. The molecule has 158 valence electrons. The number of thiocarbonyl (C=S) groups is 1. The van der Waals surface area contributed by atoms with Crippen molar-refractivity contribution >= 4 is 39.2 Å². The fourth-order valence-corrected chi connectivity index (χ4v) is 4.06. The highest BCUT2D eigenvalue weighted by atomic mass is 79.9. The molecule has 1 aliphatic heterocycles. The maximum absolute atomic E-state index is 12.4. The van der Waals surface area contributed by atoms with Crippen molar-refractivity contribution in [2.45, 2.75) is 26.5 Å². The number of benzene rings is 2. The average molecular weight is 491 g/mol. The van der Waals surface area contributed by atoms with E-state index in [1.165, 1.54) is 7.11 Å². The summed E-state index contributed by atoms with van der Waals surface area (Å²) in [6.45, 7) is 4.57. The summed E-state index contributed by atoms with van der Waals surface area (Å²) >= 11 is 8.90. The summed E-state index contributed by atoms with van der Waals surface area (Å²) in [5, 5.41) is 6.56. The van der Waals surface area contributed by atoms with Crippen molar-refractivity contribution in [1.82, 2.24) is 10.6 Å². The number of halogens is 1. The lowest BCUT2D eigenvalue weighted by molar-refractivity contribution is -0.136. The number of ether oxygens (including phenoxy) is 3. The highest BCUT2D eigenvalue weighted by Crippen LogP contribution is 2.41. The van der Waals surface area contributed by atoms with Gasteiger partial charge in [-0.1, -0.05) is 30.3 Å². The zero-order chi connectivity index (χ0) is 21.7. The van der Waals surface area contributed by atoms with Gasteiger partial charge in [0.15, 0.2) is 16.6 Å². The van der Waals surface area contributed by atoms with Crippen LogP contribution in [0.3, 0.4) is 0 Å². The summed E-state index contributed by atoms with van der Waals surface area (Å²) in [7, 11) is 1.36. The summed E-state index contributed by atoms with van der Waals surface area (Å²) in [6.07, 6.45) is 0. The second-order valence-corrected chi connectivity index (χ2v) is 7.86. The topological polar surface area (TPSA) is 68.8 Å². The fourth-order valence-electron chi connectivity index (χ4n) is 3.21. The van der Waals surface area contributed by atoms with E-state index in [-0.39, 0.29) is 0 Å². The Kier molecular flexibility index (Phi) is 7.33.